The third kappa shape index (κ3) is 3.75. The van der Waals surface area contributed by atoms with Crippen molar-refractivity contribution >= 4 is 34.4 Å². The summed E-state index contributed by atoms with van der Waals surface area (Å²) < 4.78 is 2.95. The van der Waals surface area contributed by atoms with Crippen molar-refractivity contribution in [1.82, 2.24) is 14.1 Å². The number of nitrogens with zero attached hydrogens (tertiary/aromatic N) is 3. The van der Waals surface area contributed by atoms with Crippen LogP contribution in [0.3, 0.4) is 0 Å². The minimum absolute atomic E-state index is 0.147. The number of rotatable bonds is 6. The fraction of sp³-hybridized carbons (Fsp3) is 0.138. The summed E-state index contributed by atoms with van der Waals surface area (Å²) in [4.78, 5) is 55.7. The van der Waals surface area contributed by atoms with Gasteiger partial charge in [-0.25, -0.2) is 4.98 Å². The summed E-state index contributed by atoms with van der Waals surface area (Å²) in [5.74, 6) is 0. The molecule has 7 heteroatoms. The van der Waals surface area contributed by atoms with Gasteiger partial charge in [-0.1, -0.05) is 60.7 Å². The van der Waals surface area contributed by atoms with E-state index in [1.807, 2.05) is 74.5 Å². The van der Waals surface area contributed by atoms with Gasteiger partial charge in [-0.05, 0) is 31.0 Å². The average Bonchev–Trinajstić information content (AvgIpc) is 2.93. The van der Waals surface area contributed by atoms with Gasteiger partial charge in [0.25, 0.3) is 11.1 Å². The van der Waals surface area contributed by atoms with Crippen LogP contribution in [0.4, 0.5) is 0 Å². The predicted octanol–water partition coefficient (Wildman–Crippen LogP) is 4.56. The van der Waals surface area contributed by atoms with Crippen molar-refractivity contribution in [3.05, 3.63) is 122 Å². The lowest BCUT2D eigenvalue weighted by Gasteiger charge is -2.19. The van der Waals surface area contributed by atoms with E-state index in [2.05, 4.69) is 4.98 Å². The Bertz CT molecular complexity index is 1610. The molecule has 0 saturated heterocycles. The highest BCUT2D eigenvalue weighted by molar-refractivity contribution is 6.03. The zero-order chi connectivity index (χ0) is 25.4. The molecule has 0 radical (unpaired) electrons. The van der Waals surface area contributed by atoms with Gasteiger partial charge in [-0.15, -0.1) is 0 Å². The van der Waals surface area contributed by atoms with Gasteiger partial charge in [0.05, 0.1) is 45.0 Å². The standard InChI is InChI=1S/C29H23N3O4/c1-18(20-9-5-3-6-10-20)31-14-22(16-33)26-24(28(31)35)13-25-27(30-26)23(17-34)15-32(29(25)36)19(2)21-11-7-4-8-12-21/h3-19H,1-2H3/t18-,19-/m0/s1. The number of carbonyl (C=O) groups excluding carboxylic acids is 2. The second kappa shape index (κ2) is 9.19. The van der Waals surface area contributed by atoms with E-state index in [0.717, 1.165) is 11.1 Å². The quantitative estimate of drug-likeness (QED) is 0.264. The molecule has 0 N–H and O–H groups in total. The summed E-state index contributed by atoms with van der Waals surface area (Å²) in [6.07, 6.45) is 4.23. The van der Waals surface area contributed by atoms with Gasteiger partial charge in [-0.2, -0.15) is 0 Å². The van der Waals surface area contributed by atoms with E-state index in [1.165, 1.54) is 27.6 Å². The molecule has 7 nitrogen and oxygen atoms in total. The molecule has 36 heavy (non-hydrogen) atoms. The van der Waals surface area contributed by atoms with Crippen LogP contribution in [0.25, 0.3) is 21.8 Å². The second-order valence-electron chi connectivity index (χ2n) is 8.78. The SMILES string of the molecule is C[C@@H](c1ccccc1)n1cc(C=O)c2nc3c(C=O)cn([C@@H](C)c4ccccc4)c(=O)c3cc2c1=O. The van der Waals surface area contributed by atoms with Crippen molar-refractivity contribution in [2.75, 3.05) is 0 Å². The Hall–Kier alpha value is -4.65. The molecule has 0 spiro atoms. The van der Waals surface area contributed by atoms with Crippen molar-refractivity contribution in [2.24, 2.45) is 0 Å². The zero-order valence-corrected chi connectivity index (χ0v) is 19.8. The Balaban J connectivity index is 1.81. The van der Waals surface area contributed by atoms with Crippen LogP contribution in [0.15, 0.2) is 88.7 Å². The highest BCUT2D eigenvalue weighted by Crippen LogP contribution is 2.24. The number of aromatic nitrogens is 3. The van der Waals surface area contributed by atoms with Gasteiger partial charge >= 0.3 is 0 Å². The average molecular weight is 478 g/mol. The van der Waals surface area contributed by atoms with Crippen LogP contribution in [0.5, 0.6) is 0 Å². The van der Waals surface area contributed by atoms with E-state index >= 15 is 0 Å². The topological polar surface area (TPSA) is 91.0 Å². The minimum atomic E-state index is -0.375. The van der Waals surface area contributed by atoms with Crippen LogP contribution in [0.1, 0.15) is 57.8 Å². The first-order chi connectivity index (χ1) is 17.4. The third-order valence-electron chi connectivity index (χ3n) is 6.71. The molecule has 0 amide bonds. The maximum Gasteiger partial charge on any atom is 0.260 e. The maximum atomic E-state index is 13.6. The van der Waals surface area contributed by atoms with E-state index in [9.17, 15) is 19.2 Å². The predicted molar refractivity (Wildman–Crippen MR) is 139 cm³/mol. The zero-order valence-electron chi connectivity index (χ0n) is 19.8. The van der Waals surface area contributed by atoms with Crippen molar-refractivity contribution in [2.45, 2.75) is 25.9 Å². The highest BCUT2D eigenvalue weighted by atomic mass is 16.1. The highest BCUT2D eigenvalue weighted by Gasteiger charge is 2.20. The molecule has 0 aliphatic rings. The Labute approximate surface area is 206 Å². The molecule has 2 aromatic carbocycles. The van der Waals surface area contributed by atoms with Crippen LogP contribution < -0.4 is 11.1 Å². The van der Waals surface area contributed by atoms with Crippen molar-refractivity contribution < 1.29 is 9.59 Å². The summed E-state index contributed by atoms with van der Waals surface area (Å²) in [5, 5.41) is 0.294. The molecular formula is C29H23N3O4. The third-order valence-corrected chi connectivity index (χ3v) is 6.71. The second-order valence-corrected chi connectivity index (χ2v) is 8.78. The first kappa shape index (κ1) is 23.1. The lowest BCUT2D eigenvalue weighted by atomic mass is 10.0. The molecule has 3 heterocycles. The Kier molecular flexibility index (Phi) is 5.90. The number of carbonyl (C=O) groups is 2. The van der Waals surface area contributed by atoms with Crippen LogP contribution in [0.2, 0.25) is 0 Å². The van der Waals surface area contributed by atoms with Crippen LogP contribution in [-0.2, 0) is 0 Å². The van der Waals surface area contributed by atoms with Crippen molar-refractivity contribution in [1.29, 1.82) is 0 Å². The van der Waals surface area contributed by atoms with E-state index in [1.54, 1.807) is 0 Å². The fourth-order valence-corrected chi connectivity index (χ4v) is 4.63. The molecule has 2 atom stereocenters. The molecule has 0 aliphatic heterocycles. The van der Waals surface area contributed by atoms with Crippen molar-refractivity contribution in [3.63, 3.8) is 0 Å². The molecule has 0 unspecified atom stereocenters. The first-order valence-corrected chi connectivity index (χ1v) is 11.6. The van der Waals surface area contributed by atoms with E-state index in [-0.39, 0.29) is 56.1 Å². The summed E-state index contributed by atoms with van der Waals surface area (Å²) in [6, 6.07) is 19.7. The number of hydrogen-bond donors (Lipinski definition) is 0. The monoisotopic (exact) mass is 477 g/mol. The number of fused-ring (bicyclic) bond motifs is 2. The van der Waals surface area contributed by atoms with Gasteiger partial charge in [0.2, 0.25) is 0 Å². The molecule has 0 bridgehead atoms. The van der Waals surface area contributed by atoms with Gasteiger partial charge in [0.1, 0.15) is 0 Å². The molecule has 0 fully saturated rings. The van der Waals surface area contributed by atoms with Gasteiger partial charge < -0.3 is 9.13 Å². The lowest BCUT2D eigenvalue weighted by Crippen LogP contribution is -2.27. The first-order valence-electron chi connectivity index (χ1n) is 11.6. The number of aldehydes is 2. The van der Waals surface area contributed by atoms with E-state index in [4.69, 9.17) is 0 Å². The summed E-state index contributed by atoms with van der Waals surface area (Å²) in [5.41, 5.74) is 1.77. The molecule has 0 saturated carbocycles. The molecule has 0 aliphatic carbocycles. The molecule has 178 valence electrons. The van der Waals surface area contributed by atoms with Crippen molar-refractivity contribution in [3.8, 4) is 0 Å². The largest absolute Gasteiger partial charge is 0.307 e. The molecular weight excluding hydrogens is 454 g/mol. The summed E-state index contributed by atoms with van der Waals surface area (Å²) in [6.45, 7) is 3.73. The Morgan fingerprint density at radius 1 is 0.667 bits per heavy atom. The minimum Gasteiger partial charge on any atom is -0.307 e. The van der Waals surface area contributed by atoms with Crippen LogP contribution in [-0.4, -0.2) is 26.7 Å². The number of hydrogen-bond acceptors (Lipinski definition) is 5. The Morgan fingerprint density at radius 3 is 1.42 bits per heavy atom. The van der Waals surface area contributed by atoms with E-state index < -0.39 is 0 Å². The van der Waals surface area contributed by atoms with Gasteiger partial charge in [0, 0.05) is 12.4 Å². The normalized spacial score (nSPS) is 12.9. The summed E-state index contributed by atoms with van der Waals surface area (Å²) in [7, 11) is 0. The smallest absolute Gasteiger partial charge is 0.260 e. The van der Waals surface area contributed by atoms with Crippen LogP contribution >= 0.6 is 0 Å². The van der Waals surface area contributed by atoms with Crippen LogP contribution in [0, 0.1) is 0 Å². The van der Waals surface area contributed by atoms with Gasteiger partial charge in [0.15, 0.2) is 12.6 Å². The van der Waals surface area contributed by atoms with Gasteiger partial charge in [-0.3, -0.25) is 19.2 Å². The van der Waals surface area contributed by atoms with E-state index in [0.29, 0.717) is 12.6 Å². The summed E-state index contributed by atoms with van der Waals surface area (Å²) >= 11 is 0. The molecule has 5 rings (SSSR count). The maximum absolute atomic E-state index is 13.6. The lowest BCUT2D eigenvalue weighted by molar-refractivity contribution is 0.111. The Morgan fingerprint density at radius 2 is 1.06 bits per heavy atom. The fourth-order valence-electron chi connectivity index (χ4n) is 4.63. The molecule has 5 aromatic rings. The number of pyridine rings is 3. The molecule has 3 aromatic heterocycles. The number of benzene rings is 2.